The van der Waals surface area contributed by atoms with E-state index in [1.807, 2.05) is 38.1 Å². The van der Waals surface area contributed by atoms with Gasteiger partial charge in [0.05, 0.1) is 26.7 Å². The van der Waals surface area contributed by atoms with Crippen molar-refractivity contribution in [3.8, 4) is 34.3 Å². The fourth-order valence-electron chi connectivity index (χ4n) is 4.30. The molecule has 0 radical (unpaired) electrons. The van der Waals surface area contributed by atoms with Crippen molar-refractivity contribution in [2.24, 2.45) is 0 Å². The Morgan fingerprint density at radius 1 is 0.921 bits per heavy atom. The molecule has 4 aromatic rings. The third-order valence-corrected chi connectivity index (χ3v) is 6.31. The van der Waals surface area contributed by atoms with E-state index in [1.54, 1.807) is 38.5 Å². The van der Waals surface area contributed by atoms with Crippen LogP contribution >= 0.6 is 0 Å². The number of aromatic carboxylic acids is 1. The predicted molar refractivity (Wildman–Crippen MR) is 144 cm³/mol. The zero-order chi connectivity index (χ0) is 27.4. The van der Waals surface area contributed by atoms with Gasteiger partial charge >= 0.3 is 5.97 Å². The second-order valence-electron chi connectivity index (χ2n) is 9.36. The highest BCUT2D eigenvalue weighted by atomic mass is 16.5. The van der Waals surface area contributed by atoms with Crippen LogP contribution in [0.25, 0.3) is 22.3 Å². The zero-order valence-corrected chi connectivity index (χ0v) is 22.0. The number of carbonyl (C=O) groups is 1. The summed E-state index contributed by atoms with van der Waals surface area (Å²) >= 11 is 0. The Bertz CT molecular complexity index is 1530. The Morgan fingerprint density at radius 2 is 1.66 bits per heavy atom. The molecule has 0 unspecified atom stereocenters. The molecule has 8 heteroatoms. The lowest BCUT2D eigenvalue weighted by molar-refractivity contribution is 0.0690. The summed E-state index contributed by atoms with van der Waals surface area (Å²) in [6.45, 7) is 4.04. The Kier molecular flexibility index (Phi) is 7.62. The number of rotatable bonds is 5. The zero-order valence-electron chi connectivity index (χ0n) is 22.0. The summed E-state index contributed by atoms with van der Waals surface area (Å²) in [4.78, 5) is 23.3. The fraction of sp³-hybridized carbons (Fsp3) is 0.267. The highest BCUT2D eigenvalue weighted by Gasteiger charge is 2.30. The molecule has 1 aliphatic heterocycles. The molecule has 0 spiro atoms. The van der Waals surface area contributed by atoms with E-state index >= 15 is 0 Å². The van der Waals surface area contributed by atoms with Crippen molar-refractivity contribution >= 4 is 16.9 Å². The molecule has 1 aromatic heterocycles. The Hall–Kier alpha value is -4.46. The molecular weight excluding hydrogens is 488 g/mol. The van der Waals surface area contributed by atoms with Gasteiger partial charge in [-0.05, 0) is 63.1 Å². The topological polar surface area (TPSA) is 104 Å². The second-order valence-corrected chi connectivity index (χ2v) is 9.36. The van der Waals surface area contributed by atoms with Gasteiger partial charge in [0.25, 0.3) is 0 Å². The van der Waals surface area contributed by atoms with Crippen LogP contribution in [-0.4, -0.2) is 38.0 Å². The first kappa shape index (κ1) is 26.6. The van der Waals surface area contributed by atoms with Gasteiger partial charge in [0.15, 0.2) is 5.43 Å². The van der Waals surface area contributed by atoms with Crippen molar-refractivity contribution in [1.29, 1.82) is 0 Å². The van der Waals surface area contributed by atoms with Crippen LogP contribution in [0, 0.1) is 0 Å². The molecule has 3 aromatic carbocycles. The van der Waals surface area contributed by atoms with E-state index in [-0.39, 0.29) is 16.6 Å². The highest BCUT2D eigenvalue weighted by molar-refractivity contribution is 5.92. The van der Waals surface area contributed by atoms with Crippen molar-refractivity contribution in [3.05, 3.63) is 82.0 Å². The average molecular weight is 519 g/mol. The largest absolute Gasteiger partial charge is 0.497 e. The summed E-state index contributed by atoms with van der Waals surface area (Å²) in [5.41, 5.74) is 2.04. The number of fused-ring (bicyclic) bond motifs is 2. The molecule has 0 bridgehead atoms. The maximum atomic E-state index is 12.2. The Morgan fingerprint density at radius 3 is 2.34 bits per heavy atom. The molecule has 0 amide bonds. The minimum absolute atomic E-state index is 0.0864. The van der Waals surface area contributed by atoms with E-state index in [0.29, 0.717) is 34.0 Å². The molecule has 1 aliphatic rings. The molecular formula is C30H30O8. The monoisotopic (exact) mass is 518 g/mol. The molecule has 0 aliphatic carbocycles. The van der Waals surface area contributed by atoms with E-state index in [9.17, 15) is 9.59 Å². The molecule has 198 valence electrons. The number of benzene rings is 3. The molecule has 2 heterocycles. The van der Waals surface area contributed by atoms with Crippen molar-refractivity contribution in [2.45, 2.75) is 32.3 Å². The quantitative estimate of drug-likeness (QED) is 0.344. The van der Waals surface area contributed by atoms with Crippen LogP contribution in [0.15, 0.2) is 69.9 Å². The average Bonchev–Trinajstić information content (AvgIpc) is 2.91. The number of carboxylic acid groups (broad SMARTS) is 1. The Labute approximate surface area is 220 Å². The van der Waals surface area contributed by atoms with Gasteiger partial charge in [-0.2, -0.15) is 0 Å². The smallest absolute Gasteiger partial charge is 0.339 e. The van der Waals surface area contributed by atoms with Gasteiger partial charge in [-0.3, -0.25) is 4.79 Å². The fourth-order valence-corrected chi connectivity index (χ4v) is 4.30. The van der Waals surface area contributed by atoms with Gasteiger partial charge in [-0.25, -0.2) is 4.79 Å². The summed E-state index contributed by atoms with van der Waals surface area (Å²) in [5.74, 6) is 2.03. The maximum absolute atomic E-state index is 12.2. The molecule has 0 saturated carbocycles. The van der Waals surface area contributed by atoms with Crippen molar-refractivity contribution in [2.75, 3.05) is 21.3 Å². The third kappa shape index (κ3) is 5.59. The Balaban J connectivity index is 0.000000181. The van der Waals surface area contributed by atoms with E-state index in [0.717, 1.165) is 29.7 Å². The van der Waals surface area contributed by atoms with E-state index in [4.69, 9.17) is 28.5 Å². The van der Waals surface area contributed by atoms with Crippen molar-refractivity contribution in [3.63, 3.8) is 0 Å². The van der Waals surface area contributed by atoms with Gasteiger partial charge in [0, 0.05) is 23.3 Å². The number of ether oxygens (including phenoxy) is 4. The van der Waals surface area contributed by atoms with Crippen molar-refractivity contribution < 1.29 is 33.3 Å². The standard InChI is InChI=1S/C17H14O4.C13H16O4/c1-19-12-5-3-4-11(8-12)16-10-15(18)14-7-6-13(20-2)9-17(14)21-16;1-13(2)7-6-8-10(17-13)5-4-9(12(14)15)11(8)16-3/h3-10H,1-2H3;4-5H,6-7H2,1-3H3,(H,14,15). The molecule has 0 atom stereocenters. The van der Waals surface area contributed by atoms with Crippen LogP contribution in [0.5, 0.6) is 23.0 Å². The lowest BCUT2D eigenvalue weighted by Gasteiger charge is -2.33. The number of methoxy groups -OCH3 is 3. The maximum Gasteiger partial charge on any atom is 0.339 e. The summed E-state index contributed by atoms with van der Waals surface area (Å²) in [7, 11) is 4.66. The minimum Gasteiger partial charge on any atom is -0.497 e. The summed E-state index contributed by atoms with van der Waals surface area (Å²) in [5, 5.41) is 9.61. The molecule has 1 N–H and O–H groups in total. The van der Waals surface area contributed by atoms with E-state index < -0.39 is 5.97 Å². The molecule has 0 fully saturated rings. The van der Waals surface area contributed by atoms with Crippen molar-refractivity contribution in [1.82, 2.24) is 0 Å². The predicted octanol–water partition coefficient (Wildman–Crippen LogP) is 5.97. The minimum atomic E-state index is -0.977. The first-order valence-electron chi connectivity index (χ1n) is 12.0. The lowest BCUT2D eigenvalue weighted by atomic mass is 9.92. The highest BCUT2D eigenvalue weighted by Crippen LogP contribution is 2.40. The van der Waals surface area contributed by atoms with Gasteiger partial charge in [0.1, 0.15) is 45.5 Å². The molecule has 0 saturated heterocycles. The summed E-state index contributed by atoms with van der Waals surface area (Å²) in [6, 6.07) is 17.3. The van der Waals surface area contributed by atoms with Crippen LogP contribution < -0.4 is 24.4 Å². The van der Waals surface area contributed by atoms with Gasteiger partial charge < -0.3 is 28.5 Å². The van der Waals surface area contributed by atoms with Gasteiger partial charge in [-0.15, -0.1) is 0 Å². The molecule has 38 heavy (non-hydrogen) atoms. The number of hydrogen-bond donors (Lipinski definition) is 1. The van der Waals surface area contributed by atoms with E-state index in [1.165, 1.54) is 19.2 Å². The lowest BCUT2D eigenvalue weighted by Crippen LogP contribution is -2.32. The van der Waals surface area contributed by atoms with Crippen LogP contribution in [-0.2, 0) is 6.42 Å². The molecule has 8 nitrogen and oxygen atoms in total. The van der Waals surface area contributed by atoms with Crippen LogP contribution in [0.2, 0.25) is 0 Å². The van der Waals surface area contributed by atoms with Crippen LogP contribution in [0.3, 0.4) is 0 Å². The number of carboxylic acids is 1. The molecule has 5 rings (SSSR count). The van der Waals surface area contributed by atoms with Crippen LogP contribution in [0.1, 0.15) is 36.2 Å². The normalized spacial score (nSPS) is 13.4. The van der Waals surface area contributed by atoms with E-state index in [2.05, 4.69) is 0 Å². The third-order valence-electron chi connectivity index (χ3n) is 6.31. The number of hydrogen-bond acceptors (Lipinski definition) is 7. The first-order chi connectivity index (χ1) is 18.2. The van der Waals surface area contributed by atoms with Gasteiger partial charge in [0.2, 0.25) is 0 Å². The van der Waals surface area contributed by atoms with Crippen LogP contribution in [0.4, 0.5) is 0 Å². The summed E-state index contributed by atoms with van der Waals surface area (Å²) < 4.78 is 27.2. The first-order valence-corrected chi connectivity index (χ1v) is 12.0. The van der Waals surface area contributed by atoms with Gasteiger partial charge in [-0.1, -0.05) is 12.1 Å². The second kappa shape index (κ2) is 10.9. The summed E-state index contributed by atoms with van der Waals surface area (Å²) in [6.07, 6.45) is 1.62. The SMILES string of the molecule is COc1c(C(=O)O)ccc2c1CCC(C)(C)O2.COc1cccc(-c2cc(=O)c3ccc(OC)cc3o2)c1.